The van der Waals surface area contributed by atoms with Gasteiger partial charge in [0.25, 0.3) is 0 Å². The average Bonchev–Trinajstić information content (AvgIpc) is 2.70. The van der Waals surface area contributed by atoms with Gasteiger partial charge in [0.2, 0.25) is 0 Å². The van der Waals surface area contributed by atoms with Crippen molar-refractivity contribution < 1.29 is 5.11 Å². The van der Waals surface area contributed by atoms with E-state index in [4.69, 9.17) is 0 Å². The molecule has 2 nitrogen and oxygen atoms in total. The minimum Gasteiger partial charge on any atom is -0.392 e. The Hall–Kier alpha value is 0.270. The van der Waals surface area contributed by atoms with E-state index in [2.05, 4.69) is 24.0 Å². The first-order valence-electron chi connectivity index (χ1n) is 6.85. The standard InChI is InChI=1S/C13H25NOS/c1-2-16-11-8-7-10(9-11)14-12-5-3-4-6-13(12)15/h10-15H,2-9H2,1H3/t10?,11?,12-,13-/m1/s1. The molecule has 0 aromatic rings. The topological polar surface area (TPSA) is 32.3 Å². The van der Waals surface area contributed by atoms with E-state index in [9.17, 15) is 5.11 Å². The van der Waals surface area contributed by atoms with Gasteiger partial charge >= 0.3 is 0 Å². The summed E-state index contributed by atoms with van der Waals surface area (Å²) in [5, 5.41) is 14.5. The molecule has 0 aliphatic heterocycles. The van der Waals surface area contributed by atoms with Gasteiger partial charge in [0, 0.05) is 17.3 Å². The quantitative estimate of drug-likeness (QED) is 0.796. The monoisotopic (exact) mass is 243 g/mol. The number of hydrogen-bond acceptors (Lipinski definition) is 3. The van der Waals surface area contributed by atoms with Crippen molar-refractivity contribution in [3.63, 3.8) is 0 Å². The highest BCUT2D eigenvalue weighted by Gasteiger charge is 2.29. The molecule has 4 atom stereocenters. The lowest BCUT2D eigenvalue weighted by Gasteiger charge is -2.31. The summed E-state index contributed by atoms with van der Waals surface area (Å²) >= 11 is 2.10. The molecule has 0 heterocycles. The summed E-state index contributed by atoms with van der Waals surface area (Å²) in [6.07, 6.45) is 8.54. The Morgan fingerprint density at radius 3 is 2.75 bits per heavy atom. The maximum Gasteiger partial charge on any atom is 0.0693 e. The summed E-state index contributed by atoms with van der Waals surface area (Å²) in [6.45, 7) is 2.25. The molecule has 2 saturated carbocycles. The van der Waals surface area contributed by atoms with Crippen LogP contribution in [0.1, 0.15) is 51.9 Å². The lowest BCUT2D eigenvalue weighted by molar-refractivity contribution is 0.0852. The molecule has 94 valence electrons. The van der Waals surface area contributed by atoms with Crippen molar-refractivity contribution in [2.24, 2.45) is 0 Å². The van der Waals surface area contributed by atoms with E-state index in [0.717, 1.165) is 11.7 Å². The number of hydrogen-bond donors (Lipinski definition) is 2. The molecule has 0 amide bonds. The van der Waals surface area contributed by atoms with Gasteiger partial charge in [-0.05, 0) is 37.9 Å². The molecular formula is C13H25NOS. The van der Waals surface area contributed by atoms with Gasteiger partial charge in [-0.3, -0.25) is 0 Å². The SMILES string of the molecule is CCSC1CCC(N[C@@H]2CCCC[C@H]2O)C1. The van der Waals surface area contributed by atoms with E-state index < -0.39 is 0 Å². The van der Waals surface area contributed by atoms with Crippen LogP contribution in [0, 0.1) is 0 Å². The molecule has 2 rings (SSSR count). The van der Waals surface area contributed by atoms with Crippen LogP contribution in [0.3, 0.4) is 0 Å². The van der Waals surface area contributed by atoms with Gasteiger partial charge in [0.15, 0.2) is 0 Å². The summed E-state index contributed by atoms with van der Waals surface area (Å²) < 4.78 is 0. The molecule has 2 aliphatic carbocycles. The minimum absolute atomic E-state index is 0.0911. The van der Waals surface area contributed by atoms with E-state index in [1.807, 2.05) is 0 Å². The van der Waals surface area contributed by atoms with E-state index in [1.54, 1.807) is 0 Å². The number of thioether (sulfide) groups is 1. The summed E-state index contributed by atoms with van der Waals surface area (Å²) in [5.41, 5.74) is 0. The lowest BCUT2D eigenvalue weighted by atomic mass is 9.92. The van der Waals surface area contributed by atoms with Crippen LogP contribution in [0.5, 0.6) is 0 Å². The smallest absolute Gasteiger partial charge is 0.0693 e. The van der Waals surface area contributed by atoms with E-state index in [-0.39, 0.29) is 6.10 Å². The summed E-state index contributed by atoms with van der Waals surface area (Å²) in [4.78, 5) is 0. The normalized spacial score (nSPS) is 40.1. The highest BCUT2D eigenvalue weighted by Crippen LogP contribution is 2.31. The van der Waals surface area contributed by atoms with Gasteiger partial charge in [-0.15, -0.1) is 0 Å². The van der Waals surface area contributed by atoms with Gasteiger partial charge in [0.05, 0.1) is 6.10 Å². The Bertz CT molecular complexity index is 212. The number of aliphatic hydroxyl groups excluding tert-OH is 1. The first-order valence-corrected chi connectivity index (χ1v) is 7.90. The molecule has 16 heavy (non-hydrogen) atoms. The number of rotatable bonds is 4. The van der Waals surface area contributed by atoms with Gasteiger partial charge in [-0.2, -0.15) is 11.8 Å². The molecule has 2 aliphatic rings. The molecular weight excluding hydrogens is 218 g/mol. The predicted octanol–water partition coefficient (Wildman–Crippen LogP) is 2.55. The molecule has 0 radical (unpaired) electrons. The highest BCUT2D eigenvalue weighted by atomic mass is 32.2. The molecule has 0 aromatic carbocycles. The molecule has 0 aromatic heterocycles. The molecule has 2 N–H and O–H groups in total. The van der Waals surface area contributed by atoms with Crippen LogP contribution in [-0.2, 0) is 0 Å². The maximum absolute atomic E-state index is 9.93. The fourth-order valence-corrected chi connectivity index (χ4v) is 4.23. The van der Waals surface area contributed by atoms with Crippen molar-refractivity contribution in [2.45, 2.75) is 75.3 Å². The Balaban J connectivity index is 1.73. The van der Waals surface area contributed by atoms with Crippen LogP contribution in [0.15, 0.2) is 0 Å². The summed E-state index contributed by atoms with van der Waals surface area (Å²) in [5.74, 6) is 1.24. The molecule has 0 spiro atoms. The fraction of sp³-hybridized carbons (Fsp3) is 1.00. The van der Waals surface area contributed by atoms with Crippen LogP contribution >= 0.6 is 11.8 Å². The molecule has 3 heteroatoms. The first kappa shape index (κ1) is 12.7. The van der Waals surface area contributed by atoms with Crippen LogP contribution in [0.2, 0.25) is 0 Å². The zero-order valence-corrected chi connectivity index (χ0v) is 11.1. The van der Waals surface area contributed by atoms with Gasteiger partial charge < -0.3 is 10.4 Å². The second-order valence-corrected chi connectivity index (χ2v) is 6.79. The fourth-order valence-electron chi connectivity index (χ4n) is 3.09. The average molecular weight is 243 g/mol. The largest absolute Gasteiger partial charge is 0.392 e. The lowest BCUT2D eigenvalue weighted by Crippen LogP contribution is -2.46. The van der Waals surface area contributed by atoms with Crippen LogP contribution in [0.25, 0.3) is 0 Å². The highest BCUT2D eigenvalue weighted by molar-refractivity contribution is 7.99. The molecule has 0 saturated heterocycles. The molecule has 2 unspecified atom stereocenters. The van der Waals surface area contributed by atoms with Gasteiger partial charge in [-0.1, -0.05) is 19.8 Å². The Morgan fingerprint density at radius 2 is 2.00 bits per heavy atom. The zero-order chi connectivity index (χ0) is 11.4. The molecule has 2 fully saturated rings. The van der Waals surface area contributed by atoms with Crippen molar-refractivity contribution in [1.29, 1.82) is 0 Å². The van der Waals surface area contributed by atoms with E-state index in [1.165, 1.54) is 44.3 Å². The van der Waals surface area contributed by atoms with Gasteiger partial charge in [0.1, 0.15) is 0 Å². The van der Waals surface area contributed by atoms with Crippen LogP contribution < -0.4 is 5.32 Å². The number of nitrogens with one attached hydrogen (secondary N) is 1. The third kappa shape index (κ3) is 3.38. The Labute approximate surface area is 104 Å². The maximum atomic E-state index is 9.93. The van der Waals surface area contributed by atoms with Crippen molar-refractivity contribution in [3.05, 3.63) is 0 Å². The summed E-state index contributed by atoms with van der Waals surface area (Å²) in [7, 11) is 0. The third-order valence-electron chi connectivity index (χ3n) is 3.97. The summed E-state index contributed by atoms with van der Waals surface area (Å²) in [6, 6.07) is 1.05. The predicted molar refractivity (Wildman–Crippen MR) is 71.0 cm³/mol. The van der Waals surface area contributed by atoms with E-state index in [0.29, 0.717) is 12.1 Å². The number of aliphatic hydroxyl groups is 1. The van der Waals surface area contributed by atoms with Crippen LogP contribution in [-0.4, -0.2) is 34.3 Å². The molecule has 0 bridgehead atoms. The third-order valence-corrected chi connectivity index (χ3v) is 5.20. The van der Waals surface area contributed by atoms with Crippen molar-refractivity contribution >= 4 is 11.8 Å². The van der Waals surface area contributed by atoms with Gasteiger partial charge in [-0.25, -0.2) is 0 Å². The van der Waals surface area contributed by atoms with Crippen molar-refractivity contribution in [2.75, 3.05) is 5.75 Å². The second kappa shape index (κ2) is 6.27. The second-order valence-electron chi connectivity index (χ2n) is 5.21. The Kier molecular flexibility index (Phi) is 4.98. The van der Waals surface area contributed by atoms with Crippen molar-refractivity contribution in [1.82, 2.24) is 5.32 Å². The van der Waals surface area contributed by atoms with Crippen molar-refractivity contribution in [3.8, 4) is 0 Å². The Morgan fingerprint density at radius 1 is 1.19 bits per heavy atom. The minimum atomic E-state index is -0.0911. The van der Waals surface area contributed by atoms with E-state index >= 15 is 0 Å². The first-order chi connectivity index (χ1) is 7.79. The van der Waals surface area contributed by atoms with Crippen LogP contribution in [0.4, 0.5) is 0 Å². The zero-order valence-electron chi connectivity index (χ0n) is 10.3.